The molecule has 0 aliphatic carbocycles. The van der Waals surface area contributed by atoms with Crippen molar-refractivity contribution >= 4 is 46.6 Å². The summed E-state index contributed by atoms with van der Waals surface area (Å²) in [6, 6.07) is 23.7. The lowest BCUT2D eigenvalue weighted by Gasteiger charge is -2.18. The van der Waals surface area contributed by atoms with Crippen molar-refractivity contribution in [3.05, 3.63) is 113 Å². The second-order valence-corrected chi connectivity index (χ2v) is 8.57. The van der Waals surface area contributed by atoms with Crippen LogP contribution in [0.25, 0.3) is 0 Å². The zero-order valence-corrected chi connectivity index (χ0v) is 18.7. The van der Waals surface area contributed by atoms with Gasteiger partial charge < -0.3 is 15.1 Å². The number of thioether (sulfide) groups is 1. The van der Waals surface area contributed by atoms with Gasteiger partial charge in [0, 0.05) is 16.3 Å². The van der Waals surface area contributed by atoms with Crippen LogP contribution < -0.4 is 10.6 Å². The van der Waals surface area contributed by atoms with Crippen molar-refractivity contribution in [1.29, 1.82) is 0 Å². The maximum Gasteiger partial charge on any atom is 0.291 e. The van der Waals surface area contributed by atoms with Gasteiger partial charge in [0.2, 0.25) is 5.91 Å². The number of amides is 2. The van der Waals surface area contributed by atoms with Crippen molar-refractivity contribution in [2.24, 2.45) is 0 Å². The standard InChI is InChI=1S/C25H18ClFN2O3S/c26-20-15-18(11-12-21(20)27)29-25(31)23(16-6-2-1-3-7-16)33-19-9-4-8-17(14-19)28-24(30)22-10-5-13-32-22/h1-15,23H,(H,28,30)(H,29,31). The van der Waals surface area contributed by atoms with Crippen LogP contribution in [-0.4, -0.2) is 11.8 Å². The van der Waals surface area contributed by atoms with Gasteiger partial charge in [-0.05, 0) is 54.1 Å². The summed E-state index contributed by atoms with van der Waals surface area (Å²) in [7, 11) is 0. The first-order chi connectivity index (χ1) is 16.0. The molecule has 0 bridgehead atoms. The number of halogens is 2. The van der Waals surface area contributed by atoms with Crippen molar-refractivity contribution in [2.75, 3.05) is 10.6 Å². The highest BCUT2D eigenvalue weighted by atomic mass is 35.5. The number of hydrogen-bond acceptors (Lipinski definition) is 4. The first-order valence-electron chi connectivity index (χ1n) is 9.92. The molecule has 166 valence electrons. The molecule has 1 unspecified atom stereocenters. The van der Waals surface area contributed by atoms with Crippen LogP contribution in [0, 0.1) is 5.82 Å². The van der Waals surface area contributed by atoms with E-state index in [0.717, 1.165) is 10.5 Å². The van der Waals surface area contributed by atoms with Gasteiger partial charge in [0.25, 0.3) is 5.91 Å². The second-order valence-electron chi connectivity index (χ2n) is 6.99. The summed E-state index contributed by atoms with van der Waals surface area (Å²) in [6.07, 6.45) is 1.43. The van der Waals surface area contributed by atoms with Crippen molar-refractivity contribution in [2.45, 2.75) is 10.1 Å². The highest BCUT2D eigenvalue weighted by Gasteiger charge is 2.23. The third-order valence-electron chi connectivity index (χ3n) is 4.62. The molecule has 1 heterocycles. The zero-order valence-electron chi connectivity index (χ0n) is 17.1. The van der Waals surface area contributed by atoms with Crippen molar-refractivity contribution in [1.82, 2.24) is 0 Å². The molecule has 0 saturated heterocycles. The fourth-order valence-electron chi connectivity index (χ4n) is 3.07. The molecule has 0 spiro atoms. The summed E-state index contributed by atoms with van der Waals surface area (Å²) >= 11 is 7.17. The predicted molar refractivity (Wildman–Crippen MR) is 128 cm³/mol. The zero-order chi connectivity index (χ0) is 23.2. The van der Waals surface area contributed by atoms with E-state index >= 15 is 0 Å². The van der Waals surface area contributed by atoms with E-state index in [0.29, 0.717) is 11.4 Å². The number of anilines is 2. The van der Waals surface area contributed by atoms with Gasteiger partial charge in [0.05, 0.1) is 11.3 Å². The van der Waals surface area contributed by atoms with Gasteiger partial charge in [-0.2, -0.15) is 0 Å². The van der Waals surface area contributed by atoms with Gasteiger partial charge in [-0.1, -0.05) is 48.0 Å². The molecule has 0 fully saturated rings. The average molecular weight is 481 g/mol. The summed E-state index contributed by atoms with van der Waals surface area (Å²) in [6.45, 7) is 0. The molecule has 4 aromatic rings. The van der Waals surface area contributed by atoms with Gasteiger partial charge >= 0.3 is 0 Å². The van der Waals surface area contributed by atoms with Gasteiger partial charge in [-0.15, -0.1) is 11.8 Å². The Morgan fingerprint density at radius 2 is 1.67 bits per heavy atom. The Morgan fingerprint density at radius 1 is 0.879 bits per heavy atom. The Balaban J connectivity index is 1.55. The maximum absolute atomic E-state index is 13.5. The summed E-state index contributed by atoms with van der Waals surface area (Å²) in [5.74, 6) is -1.02. The minimum absolute atomic E-state index is 0.0725. The molecule has 2 amide bonds. The molecule has 1 aromatic heterocycles. The molecular formula is C25H18ClFN2O3S. The minimum Gasteiger partial charge on any atom is -0.459 e. The maximum atomic E-state index is 13.5. The summed E-state index contributed by atoms with van der Waals surface area (Å²) in [5, 5.41) is 4.90. The van der Waals surface area contributed by atoms with Crippen LogP contribution in [0.5, 0.6) is 0 Å². The SMILES string of the molecule is O=C(Nc1cccc(SC(C(=O)Nc2ccc(F)c(Cl)c2)c2ccccc2)c1)c1ccco1. The predicted octanol–water partition coefficient (Wildman–Crippen LogP) is 6.80. The quantitative estimate of drug-likeness (QED) is 0.285. The highest BCUT2D eigenvalue weighted by Crippen LogP contribution is 2.37. The molecule has 0 radical (unpaired) electrons. The first-order valence-corrected chi connectivity index (χ1v) is 11.2. The Labute approximate surface area is 199 Å². The Bertz CT molecular complexity index is 1270. The lowest BCUT2D eigenvalue weighted by Crippen LogP contribution is -2.19. The molecule has 33 heavy (non-hydrogen) atoms. The smallest absolute Gasteiger partial charge is 0.291 e. The van der Waals surface area contributed by atoms with E-state index in [1.807, 2.05) is 36.4 Å². The topological polar surface area (TPSA) is 71.3 Å². The van der Waals surface area contributed by atoms with Gasteiger partial charge in [-0.25, -0.2) is 4.39 Å². The molecular weight excluding hydrogens is 463 g/mol. The van der Waals surface area contributed by atoms with Crippen molar-refractivity contribution in [3.8, 4) is 0 Å². The second kappa shape index (κ2) is 10.4. The number of nitrogens with one attached hydrogen (secondary N) is 2. The van der Waals surface area contributed by atoms with Gasteiger partial charge in [0.1, 0.15) is 11.1 Å². The number of carbonyl (C=O) groups is 2. The molecule has 0 saturated carbocycles. The van der Waals surface area contributed by atoms with Crippen LogP contribution >= 0.6 is 23.4 Å². The number of carbonyl (C=O) groups excluding carboxylic acids is 2. The van der Waals surface area contributed by atoms with E-state index in [4.69, 9.17) is 16.0 Å². The van der Waals surface area contributed by atoms with Crippen LogP contribution in [0.4, 0.5) is 15.8 Å². The first kappa shape index (κ1) is 22.6. The third-order valence-corrected chi connectivity index (χ3v) is 6.16. The van der Waals surface area contributed by atoms with E-state index in [-0.39, 0.29) is 22.6 Å². The largest absolute Gasteiger partial charge is 0.459 e. The third kappa shape index (κ3) is 5.83. The van der Waals surface area contributed by atoms with E-state index < -0.39 is 11.1 Å². The summed E-state index contributed by atoms with van der Waals surface area (Å²) < 4.78 is 18.6. The summed E-state index contributed by atoms with van der Waals surface area (Å²) in [4.78, 5) is 26.2. The Morgan fingerprint density at radius 3 is 2.39 bits per heavy atom. The lowest BCUT2D eigenvalue weighted by atomic mass is 10.1. The van der Waals surface area contributed by atoms with E-state index in [9.17, 15) is 14.0 Å². The van der Waals surface area contributed by atoms with Gasteiger partial charge in [0.15, 0.2) is 5.76 Å². The van der Waals surface area contributed by atoms with Crippen LogP contribution in [-0.2, 0) is 4.79 Å². The summed E-state index contributed by atoms with van der Waals surface area (Å²) in [5.41, 5.74) is 1.75. The monoisotopic (exact) mass is 480 g/mol. The molecule has 4 rings (SSSR count). The van der Waals surface area contributed by atoms with Crippen LogP contribution in [0.3, 0.4) is 0 Å². The Hall–Kier alpha value is -3.55. The lowest BCUT2D eigenvalue weighted by molar-refractivity contribution is -0.115. The number of furan rings is 1. The molecule has 0 aliphatic rings. The fourth-order valence-corrected chi connectivity index (χ4v) is 4.33. The van der Waals surface area contributed by atoms with Crippen molar-refractivity contribution < 1.29 is 18.4 Å². The number of benzene rings is 3. The number of hydrogen-bond donors (Lipinski definition) is 2. The highest BCUT2D eigenvalue weighted by molar-refractivity contribution is 8.00. The van der Waals surface area contributed by atoms with E-state index in [1.54, 1.807) is 30.3 Å². The minimum atomic E-state index is -0.606. The van der Waals surface area contributed by atoms with Crippen LogP contribution in [0.1, 0.15) is 21.4 Å². The molecule has 8 heteroatoms. The van der Waals surface area contributed by atoms with Crippen LogP contribution in [0.15, 0.2) is 101 Å². The normalized spacial score (nSPS) is 11.6. The van der Waals surface area contributed by atoms with Crippen molar-refractivity contribution in [3.63, 3.8) is 0 Å². The molecule has 5 nitrogen and oxygen atoms in total. The van der Waals surface area contributed by atoms with Crippen LogP contribution in [0.2, 0.25) is 5.02 Å². The molecule has 0 aliphatic heterocycles. The van der Waals surface area contributed by atoms with Gasteiger partial charge in [-0.3, -0.25) is 9.59 Å². The fraction of sp³-hybridized carbons (Fsp3) is 0.0400. The molecule has 2 N–H and O–H groups in total. The van der Waals surface area contributed by atoms with E-state index in [1.165, 1.54) is 36.2 Å². The average Bonchev–Trinajstić information content (AvgIpc) is 3.36. The Kier molecular flexibility index (Phi) is 7.12. The molecule has 1 atom stereocenters. The molecule has 3 aromatic carbocycles. The number of rotatable bonds is 7. The van der Waals surface area contributed by atoms with E-state index in [2.05, 4.69) is 10.6 Å².